The van der Waals surface area contributed by atoms with Gasteiger partial charge < -0.3 is 10.6 Å². The molecule has 0 saturated carbocycles. The molecule has 0 aromatic carbocycles. The summed E-state index contributed by atoms with van der Waals surface area (Å²) >= 11 is 1.74. The topological polar surface area (TPSA) is 37.0 Å². The third-order valence-corrected chi connectivity index (χ3v) is 3.50. The van der Waals surface area contributed by atoms with Gasteiger partial charge in [0.25, 0.3) is 0 Å². The number of hydrogen-bond donors (Lipinski definition) is 2. The fraction of sp³-hybridized carbons (Fsp3) is 0.750. The fourth-order valence-corrected chi connectivity index (χ4v) is 2.42. The molecule has 16 heavy (non-hydrogen) atoms. The molecule has 0 aliphatic carbocycles. The van der Waals surface area contributed by atoms with E-state index >= 15 is 0 Å². The van der Waals surface area contributed by atoms with E-state index in [1.807, 2.05) is 11.6 Å². The lowest BCUT2D eigenvalue weighted by atomic mass is 10.1. The van der Waals surface area contributed by atoms with E-state index in [9.17, 15) is 0 Å². The Bertz CT molecular complexity index is 261. The smallest absolute Gasteiger partial charge is 0.109 e. The molecule has 0 saturated heterocycles. The number of rotatable bonds is 8. The van der Waals surface area contributed by atoms with Crippen molar-refractivity contribution in [2.24, 2.45) is 5.92 Å². The third-order valence-electron chi connectivity index (χ3n) is 2.61. The van der Waals surface area contributed by atoms with Crippen molar-refractivity contribution in [3.63, 3.8) is 0 Å². The van der Waals surface area contributed by atoms with Crippen molar-refractivity contribution in [2.75, 3.05) is 19.6 Å². The first-order valence-electron chi connectivity index (χ1n) is 6.11. The molecule has 0 fully saturated rings. The molecule has 0 radical (unpaired) electrons. The first-order chi connectivity index (χ1) is 7.77. The summed E-state index contributed by atoms with van der Waals surface area (Å²) in [7, 11) is 0. The SMILES string of the molecule is CCNCC(C)CNC(CC)c1nccs1. The molecule has 1 heterocycles. The molecule has 0 aliphatic rings. The van der Waals surface area contributed by atoms with Crippen molar-refractivity contribution >= 4 is 11.3 Å². The van der Waals surface area contributed by atoms with Gasteiger partial charge in [0.2, 0.25) is 0 Å². The Labute approximate surface area is 103 Å². The summed E-state index contributed by atoms with van der Waals surface area (Å²) in [6, 6.07) is 0.420. The zero-order valence-electron chi connectivity index (χ0n) is 10.5. The zero-order valence-corrected chi connectivity index (χ0v) is 11.3. The maximum absolute atomic E-state index is 4.37. The standard InChI is InChI=1S/C12H23N3S/c1-4-11(12-14-6-7-16-12)15-9-10(3)8-13-5-2/h6-7,10-11,13,15H,4-5,8-9H2,1-3H3. The van der Waals surface area contributed by atoms with Gasteiger partial charge in [-0.3, -0.25) is 0 Å². The highest BCUT2D eigenvalue weighted by atomic mass is 32.1. The van der Waals surface area contributed by atoms with Gasteiger partial charge in [0.05, 0.1) is 6.04 Å². The summed E-state index contributed by atoms with van der Waals surface area (Å²) < 4.78 is 0. The largest absolute Gasteiger partial charge is 0.317 e. The Hall–Kier alpha value is -0.450. The lowest BCUT2D eigenvalue weighted by Gasteiger charge is -2.18. The van der Waals surface area contributed by atoms with Crippen LogP contribution in [0.2, 0.25) is 0 Å². The molecule has 2 atom stereocenters. The maximum atomic E-state index is 4.37. The summed E-state index contributed by atoms with van der Waals surface area (Å²) in [4.78, 5) is 4.37. The highest BCUT2D eigenvalue weighted by Crippen LogP contribution is 2.18. The average Bonchev–Trinajstić information content (AvgIpc) is 2.81. The highest BCUT2D eigenvalue weighted by molar-refractivity contribution is 7.09. The van der Waals surface area contributed by atoms with Gasteiger partial charge in [-0.25, -0.2) is 4.98 Å². The van der Waals surface area contributed by atoms with Crippen LogP contribution in [-0.4, -0.2) is 24.6 Å². The van der Waals surface area contributed by atoms with Crippen LogP contribution in [0.5, 0.6) is 0 Å². The second-order valence-corrected chi connectivity index (χ2v) is 5.08. The van der Waals surface area contributed by atoms with Crippen LogP contribution in [0.15, 0.2) is 11.6 Å². The van der Waals surface area contributed by atoms with Crippen molar-refractivity contribution < 1.29 is 0 Å². The van der Waals surface area contributed by atoms with Crippen LogP contribution in [0, 0.1) is 5.92 Å². The number of hydrogen-bond acceptors (Lipinski definition) is 4. The minimum absolute atomic E-state index is 0.420. The van der Waals surface area contributed by atoms with Crippen molar-refractivity contribution in [2.45, 2.75) is 33.2 Å². The second-order valence-electron chi connectivity index (χ2n) is 4.15. The van der Waals surface area contributed by atoms with Crippen LogP contribution in [0.1, 0.15) is 38.2 Å². The first kappa shape index (κ1) is 13.6. The summed E-state index contributed by atoms with van der Waals surface area (Å²) in [5.41, 5.74) is 0. The number of aromatic nitrogens is 1. The van der Waals surface area contributed by atoms with Crippen molar-refractivity contribution in [1.29, 1.82) is 0 Å². The van der Waals surface area contributed by atoms with Crippen LogP contribution in [0.3, 0.4) is 0 Å². The van der Waals surface area contributed by atoms with Crippen LogP contribution < -0.4 is 10.6 Å². The van der Waals surface area contributed by atoms with E-state index in [4.69, 9.17) is 0 Å². The molecular formula is C12H23N3S. The minimum atomic E-state index is 0.420. The van der Waals surface area contributed by atoms with Gasteiger partial charge in [-0.1, -0.05) is 20.8 Å². The van der Waals surface area contributed by atoms with Gasteiger partial charge in [0.1, 0.15) is 5.01 Å². The Balaban J connectivity index is 2.29. The minimum Gasteiger partial charge on any atom is -0.317 e. The molecule has 0 bridgehead atoms. The van der Waals surface area contributed by atoms with E-state index < -0.39 is 0 Å². The number of nitrogens with zero attached hydrogens (tertiary/aromatic N) is 1. The monoisotopic (exact) mass is 241 g/mol. The first-order valence-corrected chi connectivity index (χ1v) is 6.99. The second kappa shape index (κ2) is 7.76. The molecule has 0 spiro atoms. The molecule has 0 aliphatic heterocycles. The molecule has 3 nitrogen and oxygen atoms in total. The van der Waals surface area contributed by atoms with E-state index in [1.165, 1.54) is 5.01 Å². The van der Waals surface area contributed by atoms with Crippen LogP contribution >= 0.6 is 11.3 Å². The number of nitrogens with one attached hydrogen (secondary N) is 2. The molecule has 92 valence electrons. The molecule has 0 amide bonds. The predicted octanol–water partition coefficient (Wildman–Crippen LogP) is 2.43. The van der Waals surface area contributed by atoms with Crippen molar-refractivity contribution in [1.82, 2.24) is 15.6 Å². The van der Waals surface area contributed by atoms with Gasteiger partial charge in [0.15, 0.2) is 0 Å². The van der Waals surface area contributed by atoms with Gasteiger partial charge in [0, 0.05) is 11.6 Å². The Morgan fingerprint density at radius 3 is 2.75 bits per heavy atom. The van der Waals surface area contributed by atoms with Crippen molar-refractivity contribution in [3.05, 3.63) is 16.6 Å². The Kier molecular flexibility index (Phi) is 6.61. The van der Waals surface area contributed by atoms with E-state index in [1.54, 1.807) is 11.3 Å². The summed E-state index contributed by atoms with van der Waals surface area (Å²) in [6.07, 6.45) is 2.98. The van der Waals surface area contributed by atoms with Crippen LogP contribution in [0.25, 0.3) is 0 Å². The molecule has 1 aromatic heterocycles. The predicted molar refractivity (Wildman–Crippen MR) is 70.9 cm³/mol. The lowest BCUT2D eigenvalue weighted by molar-refractivity contribution is 0.428. The van der Waals surface area contributed by atoms with Gasteiger partial charge in [-0.15, -0.1) is 11.3 Å². The van der Waals surface area contributed by atoms with Gasteiger partial charge in [-0.05, 0) is 32.0 Å². The molecule has 2 unspecified atom stereocenters. The Morgan fingerprint density at radius 1 is 1.38 bits per heavy atom. The van der Waals surface area contributed by atoms with E-state index in [2.05, 4.69) is 36.4 Å². The maximum Gasteiger partial charge on any atom is 0.109 e. The van der Waals surface area contributed by atoms with Gasteiger partial charge >= 0.3 is 0 Å². The summed E-state index contributed by atoms with van der Waals surface area (Å²) in [6.45, 7) is 9.79. The molecule has 1 rings (SSSR count). The molecule has 2 N–H and O–H groups in total. The highest BCUT2D eigenvalue weighted by Gasteiger charge is 2.12. The summed E-state index contributed by atoms with van der Waals surface area (Å²) in [5.74, 6) is 0.661. The Morgan fingerprint density at radius 2 is 2.19 bits per heavy atom. The molecule has 1 aromatic rings. The van der Waals surface area contributed by atoms with E-state index in [0.29, 0.717) is 12.0 Å². The third kappa shape index (κ3) is 4.60. The average molecular weight is 241 g/mol. The fourth-order valence-electron chi connectivity index (χ4n) is 1.62. The molecule has 4 heteroatoms. The lowest BCUT2D eigenvalue weighted by Crippen LogP contribution is -2.31. The molecular weight excluding hydrogens is 218 g/mol. The van der Waals surface area contributed by atoms with Crippen molar-refractivity contribution in [3.8, 4) is 0 Å². The van der Waals surface area contributed by atoms with Crippen LogP contribution in [-0.2, 0) is 0 Å². The zero-order chi connectivity index (χ0) is 11.8. The summed E-state index contributed by atoms with van der Waals surface area (Å²) in [5, 5.41) is 10.2. The van der Waals surface area contributed by atoms with E-state index in [0.717, 1.165) is 26.1 Å². The van der Waals surface area contributed by atoms with Crippen LogP contribution in [0.4, 0.5) is 0 Å². The quantitative estimate of drug-likeness (QED) is 0.734. The van der Waals surface area contributed by atoms with E-state index in [-0.39, 0.29) is 0 Å². The number of thiazole rings is 1. The van der Waals surface area contributed by atoms with Gasteiger partial charge in [-0.2, -0.15) is 0 Å². The normalized spacial score (nSPS) is 14.9.